The molecule has 0 radical (unpaired) electrons. The molecule has 4 heteroatoms. The normalized spacial score (nSPS) is 15.4. The van der Waals surface area contributed by atoms with Gasteiger partial charge in [-0.05, 0) is 31.0 Å². The number of benzene rings is 1. The van der Waals surface area contributed by atoms with E-state index in [1.807, 2.05) is 0 Å². The van der Waals surface area contributed by atoms with Crippen LogP contribution in [-0.4, -0.2) is 17.9 Å². The minimum atomic E-state index is -0.386. The number of carbonyl (C=O) groups is 2. The summed E-state index contributed by atoms with van der Waals surface area (Å²) in [4.78, 5) is 22.8. The molecule has 0 atom stereocenters. The molecular weight excluding hydrogens is 230 g/mol. The van der Waals surface area contributed by atoms with Gasteiger partial charge in [0.05, 0.1) is 0 Å². The average molecular weight is 247 g/mol. The lowest BCUT2D eigenvalue weighted by Crippen LogP contribution is -2.32. The van der Waals surface area contributed by atoms with Crippen molar-refractivity contribution in [2.24, 2.45) is 0 Å². The SMILES string of the molecule is CC(=O)Oc1cccc(C(=O)NC2CCCC2)c1. The summed E-state index contributed by atoms with van der Waals surface area (Å²) in [5.74, 6) is -0.0826. The molecule has 96 valence electrons. The Labute approximate surface area is 106 Å². The van der Waals surface area contributed by atoms with Crippen LogP contribution in [0.3, 0.4) is 0 Å². The number of esters is 1. The van der Waals surface area contributed by atoms with E-state index in [4.69, 9.17) is 4.74 Å². The van der Waals surface area contributed by atoms with Gasteiger partial charge in [0.25, 0.3) is 5.91 Å². The molecule has 18 heavy (non-hydrogen) atoms. The van der Waals surface area contributed by atoms with E-state index in [-0.39, 0.29) is 17.9 Å². The molecule has 2 rings (SSSR count). The molecule has 1 amide bonds. The van der Waals surface area contributed by atoms with Crippen LogP contribution in [0.2, 0.25) is 0 Å². The summed E-state index contributed by atoms with van der Waals surface area (Å²) in [6.45, 7) is 1.34. The van der Waals surface area contributed by atoms with Crippen molar-refractivity contribution in [2.75, 3.05) is 0 Å². The fraction of sp³-hybridized carbons (Fsp3) is 0.429. The zero-order valence-corrected chi connectivity index (χ0v) is 10.4. The predicted octanol–water partition coefficient (Wildman–Crippen LogP) is 2.28. The Hall–Kier alpha value is -1.84. The van der Waals surface area contributed by atoms with E-state index >= 15 is 0 Å². The van der Waals surface area contributed by atoms with Gasteiger partial charge in [0, 0.05) is 18.5 Å². The number of ether oxygens (including phenoxy) is 1. The lowest BCUT2D eigenvalue weighted by molar-refractivity contribution is -0.131. The Balaban J connectivity index is 2.02. The molecule has 0 aliphatic heterocycles. The van der Waals surface area contributed by atoms with Gasteiger partial charge < -0.3 is 10.1 Å². The first-order valence-corrected chi connectivity index (χ1v) is 6.24. The molecule has 1 aliphatic rings. The highest BCUT2D eigenvalue weighted by molar-refractivity contribution is 5.94. The summed E-state index contributed by atoms with van der Waals surface area (Å²) in [6.07, 6.45) is 4.46. The van der Waals surface area contributed by atoms with Crippen molar-refractivity contribution in [3.63, 3.8) is 0 Å². The van der Waals surface area contributed by atoms with Gasteiger partial charge in [0.15, 0.2) is 0 Å². The highest BCUT2D eigenvalue weighted by Gasteiger charge is 2.18. The summed E-state index contributed by atoms with van der Waals surface area (Å²) in [5.41, 5.74) is 0.528. The van der Waals surface area contributed by atoms with Crippen LogP contribution in [0, 0.1) is 0 Å². The first-order chi connectivity index (χ1) is 8.65. The quantitative estimate of drug-likeness (QED) is 0.658. The summed E-state index contributed by atoms with van der Waals surface area (Å²) < 4.78 is 4.96. The zero-order valence-electron chi connectivity index (χ0n) is 10.4. The molecule has 1 N–H and O–H groups in total. The van der Waals surface area contributed by atoms with Crippen LogP contribution in [0.1, 0.15) is 43.0 Å². The second-order valence-electron chi connectivity index (χ2n) is 4.58. The van der Waals surface area contributed by atoms with Crippen LogP contribution < -0.4 is 10.1 Å². The van der Waals surface area contributed by atoms with Crippen molar-refractivity contribution in [1.82, 2.24) is 5.32 Å². The molecule has 0 aromatic heterocycles. The molecule has 0 heterocycles. The Morgan fingerprint density at radius 2 is 2.00 bits per heavy atom. The maximum atomic E-state index is 12.0. The zero-order chi connectivity index (χ0) is 13.0. The first-order valence-electron chi connectivity index (χ1n) is 6.24. The number of nitrogens with one attached hydrogen (secondary N) is 1. The van der Waals surface area contributed by atoms with Crippen LogP contribution in [0.4, 0.5) is 0 Å². The highest BCUT2D eigenvalue weighted by Crippen LogP contribution is 2.19. The van der Waals surface area contributed by atoms with Gasteiger partial charge in [-0.2, -0.15) is 0 Å². The van der Waals surface area contributed by atoms with E-state index in [0.717, 1.165) is 12.8 Å². The molecule has 0 bridgehead atoms. The summed E-state index contributed by atoms with van der Waals surface area (Å²) in [5, 5.41) is 3.00. The molecule has 1 aromatic carbocycles. The summed E-state index contributed by atoms with van der Waals surface area (Å²) in [6, 6.07) is 6.97. The minimum absolute atomic E-state index is 0.101. The molecule has 0 unspecified atom stereocenters. The number of hydrogen-bond acceptors (Lipinski definition) is 3. The second-order valence-corrected chi connectivity index (χ2v) is 4.58. The summed E-state index contributed by atoms with van der Waals surface area (Å²) in [7, 11) is 0. The molecule has 1 aliphatic carbocycles. The number of hydrogen-bond donors (Lipinski definition) is 1. The molecule has 1 fully saturated rings. The van der Waals surface area contributed by atoms with Crippen molar-refractivity contribution < 1.29 is 14.3 Å². The summed E-state index contributed by atoms with van der Waals surface area (Å²) >= 11 is 0. The second kappa shape index (κ2) is 5.67. The topological polar surface area (TPSA) is 55.4 Å². The van der Waals surface area contributed by atoms with E-state index in [0.29, 0.717) is 11.3 Å². The Morgan fingerprint density at radius 3 is 2.67 bits per heavy atom. The molecular formula is C14H17NO3. The Morgan fingerprint density at radius 1 is 1.28 bits per heavy atom. The largest absolute Gasteiger partial charge is 0.427 e. The minimum Gasteiger partial charge on any atom is -0.427 e. The molecule has 1 saturated carbocycles. The third-order valence-corrected chi connectivity index (χ3v) is 3.05. The first kappa shape index (κ1) is 12.6. The van der Waals surface area contributed by atoms with E-state index < -0.39 is 0 Å². The van der Waals surface area contributed by atoms with Gasteiger partial charge in [-0.25, -0.2) is 0 Å². The average Bonchev–Trinajstić information content (AvgIpc) is 2.81. The fourth-order valence-electron chi connectivity index (χ4n) is 2.21. The van der Waals surface area contributed by atoms with Crippen LogP contribution in [0.5, 0.6) is 5.75 Å². The standard InChI is InChI=1S/C14H17NO3/c1-10(16)18-13-8-4-5-11(9-13)14(17)15-12-6-2-3-7-12/h4-5,8-9,12H,2-3,6-7H2,1H3,(H,15,17). The van der Waals surface area contributed by atoms with Crippen LogP contribution in [0.25, 0.3) is 0 Å². The molecule has 0 spiro atoms. The van der Waals surface area contributed by atoms with Crippen LogP contribution >= 0.6 is 0 Å². The predicted molar refractivity (Wildman–Crippen MR) is 67.5 cm³/mol. The number of rotatable bonds is 3. The number of carbonyl (C=O) groups excluding carboxylic acids is 2. The van der Waals surface area contributed by atoms with E-state index in [2.05, 4.69) is 5.32 Å². The van der Waals surface area contributed by atoms with Gasteiger partial charge in [0.2, 0.25) is 0 Å². The fourth-order valence-corrected chi connectivity index (χ4v) is 2.21. The number of amides is 1. The van der Waals surface area contributed by atoms with Crippen molar-refractivity contribution >= 4 is 11.9 Å². The van der Waals surface area contributed by atoms with Gasteiger partial charge in [-0.3, -0.25) is 9.59 Å². The third kappa shape index (κ3) is 3.32. The highest BCUT2D eigenvalue weighted by atomic mass is 16.5. The van der Waals surface area contributed by atoms with E-state index in [9.17, 15) is 9.59 Å². The van der Waals surface area contributed by atoms with Crippen molar-refractivity contribution in [3.8, 4) is 5.75 Å². The lowest BCUT2D eigenvalue weighted by Gasteiger charge is -2.12. The Kier molecular flexibility index (Phi) is 3.97. The van der Waals surface area contributed by atoms with Gasteiger partial charge >= 0.3 is 5.97 Å². The van der Waals surface area contributed by atoms with Crippen molar-refractivity contribution in [1.29, 1.82) is 0 Å². The monoisotopic (exact) mass is 247 g/mol. The maximum Gasteiger partial charge on any atom is 0.308 e. The smallest absolute Gasteiger partial charge is 0.308 e. The van der Waals surface area contributed by atoms with Crippen molar-refractivity contribution in [2.45, 2.75) is 38.6 Å². The maximum absolute atomic E-state index is 12.0. The van der Waals surface area contributed by atoms with Gasteiger partial charge in [-0.15, -0.1) is 0 Å². The Bertz CT molecular complexity index is 450. The van der Waals surface area contributed by atoms with Gasteiger partial charge in [0.1, 0.15) is 5.75 Å². The third-order valence-electron chi connectivity index (χ3n) is 3.05. The van der Waals surface area contributed by atoms with Gasteiger partial charge in [-0.1, -0.05) is 18.9 Å². The molecule has 1 aromatic rings. The van der Waals surface area contributed by atoms with Crippen molar-refractivity contribution in [3.05, 3.63) is 29.8 Å². The lowest BCUT2D eigenvalue weighted by atomic mass is 10.1. The van der Waals surface area contributed by atoms with E-state index in [1.165, 1.54) is 19.8 Å². The van der Waals surface area contributed by atoms with Crippen LogP contribution in [-0.2, 0) is 4.79 Å². The van der Waals surface area contributed by atoms with Crippen LogP contribution in [0.15, 0.2) is 24.3 Å². The molecule has 4 nitrogen and oxygen atoms in total. The molecule has 0 saturated heterocycles. The van der Waals surface area contributed by atoms with E-state index in [1.54, 1.807) is 24.3 Å².